The van der Waals surface area contributed by atoms with E-state index in [1.54, 1.807) is 38.4 Å². The number of amidine groups is 1. The van der Waals surface area contributed by atoms with E-state index in [0.717, 1.165) is 0 Å². The first kappa shape index (κ1) is 20.4. The van der Waals surface area contributed by atoms with Crippen LogP contribution < -0.4 is 15.2 Å². The molecule has 1 heterocycles. The van der Waals surface area contributed by atoms with Crippen molar-refractivity contribution in [2.45, 2.75) is 11.7 Å². The minimum absolute atomic E-state index is 0.0190. The minimum atomic E-state index is -1.29. The van der Waals surface area contributed by atoms with Gasteiger partial charge in [-0.05, 0) is 42.0 Å². The molecule has 0 saturated carbocycles. The first-order valence-electron chi connectivity index (χ1n) is 8.65. The quantitative estimate of drug-likeness (QED) is 0.772. The zero-order valence-electron chi connectivity index (χ0n) is 15.7. The Labute approximate surface area is 171 Å². The van der Waals surface area contributed by atoms with Crippen molar-refractivity contribution < 1.29 is 24.2 Å². The third-order valence-corrected chi connectivity index (χ3v) is 5.44. The fraction of sp³-hybridized carbons (Fsp3) is 0.200. The van der Waals surface area contributed by atoms with Crippen LogP contribution >= 0.6 is 11.8 Å². The van der Waals surface area contributed by atoms with Gasteiger partial charge in [0.05, 0.1) is 18.8 Å². The molecule has 1 atom stereocenters. The molecule has 9 heteroatoms. The SMILES string of the molecule is COc1ccc(N=C2S[C@H](CC(=O)Nc3ccc(C(=O)[O-])cc3)C(=O)N2C)cc1. The largest absolute Gasteiger partial charge is 0.545 e. The van der Waals surface area contributed by atoms with Gasteiger partial charge in [0.1, 0.15) is 11.0 Å². The van der Waals surface area contributed by atoms with E-state index in [0.29, 0.717) is 22.3 Å². The molecule has 1 N–H and O–H groups in total. The smallest absolute Gasteiger partial charge is 0.242 e. The number of anilines is 1. The van der Waals surface area contributed by atoms with Crippen LogP contribution in [0.4, 0.5) is 11.4 Å². The van der Waals surface area contributed by atoms with E-state index in [1.165, 1.54) is 40.9 Å². The molecule has 8 nitrogen and oxygen atoms in total. The van der Waals surface area contributed by atoms with Crippen molar-refractivity contribution in [2.75, 3.05) is 19.5 Å². The molecular weight excluding hydrogens is 394 g/mol. The monoisotopic (exact) mass is 412 g/mol. The summed E-state index contributed by atoms with van der Waals surface area (Å²) < 4.78 is 5.11. The zero-order chi connectivity index (χ0) is 21.0. The van der Waals surface area contributed by atoms with E-state index in [-0.39, 0.29) is 23.8 Å². The number of benzene rings is 2. The second-order valence-electron chi connectivity index (χ2n) is 6.21. The van der Waals surface area contributed by atoms with Gasteiger partial charge in [-0.15, -0.1) is 0 Å². The Hall–Kier alpha value is -3.33. The molecule has 0 bridgehead atoms. The molecule has 1 aliphatic heterocycles. The number of ether oxygens (including phenoxy) is 1. The Morgan fingerprint density at radius 2 is 1.83 bits per heavy atom. The Kier molecular flexibility index (Phi) is 6.18. The summed E-state index contributed by atoms with van der Waals surface area (Å²) in [5.41, 5.74) is 1.13. The summed E-state index contributed by atoms with van der Waals surface area (Å²) in [4.78, 5) is 41.4. The molecule has 2 aromatic rings. The molecule has 2 amide bonds. The van der Waals surface area contributed by atoms with Gasteiger partial charge in [-0.25, -0.2) is 4.99 Å². The van der Waals surface area contributed by atoms with Crippen LogP contribution in [0.5, 0.6) is 5.75 Å². The number of aromatic carboxylic acids is 1. The molecule has 1 aliphatic rings. The van der Waals surface area contributed by atoms with Crippen molar-refractivity contribution >= 4 is 46.1 Å². The van der Waals surface area contributed by atoms with Crippen LogP contribution in [0.3, 0.4) is 0 Å². The number of carbonyl (C=O) groups excluding carboxylic acids is 3. The maximum absolute atomic E-state index is 12.5. The number of carboxylic acid groups (broad SMARTS) is 1. The van der Waals surface area contributed by atoms with Crippen LogP contribution in [0, 0.1) is 0 Å². The lowest BCUT2D eigenvalue weighted by molar-refractivity contribution is -0.255. The van der Waals surface area contributed by atoms with E-state index in [4.69, 9.17) is 4.74 Å². The molecule has 3 rings (SSSR count). The van der Waals surface area contributed by atoms with Gasteiger partial charge in [0.15, 0.2) is 5.17 Å². The van der Waals surface area contributed by atoms with Crippen LogP contribution in [0.25, 0.3) is 0 Å². The van der Waals surface area contributed by atoms with Crippen molar-refractivity contribution in [1.29, 1.82) is 0 Å². The van der Waals surface area contributed by atoms with Gasteiger partial charge in [-0.2, -0.15) is 0 Å². The number of nitrogens with one attached hydrogen (secondary N) is 1. The summed E-state index contributed by atoms with van der Waals surface area (Å²) in [6, 6.07) is 12.7. The highest BCUT2D eigenvalue weighted by Gasteiger charge is 2.37. The normalized spacial score (nSPS) is 17.4. The molecule has 1 saturated heterocycles. The summed E-state index contributed by atoms with van der Waals surface area (Å²) in [7, 11) is 3.20. The highest BCUT2D eigenvalue weighted by Crippen LogP contribution is 2.31. The van der Waals surface area contributed by atoms with E-state index in [2.05, 4.69) is 10.3 Å². The topological polar surface area (TPSA) is 111 Å². The standard InChI is InChI=1S/C20H19N3O5S/c1-23-18(25)16(29-20(23)22-14-7-9-15(28-2)10-8-14)11-17(24)21-13-5-3-12(4-6-13)19(26)27/h3-10,16H,11H2,1-2H3,(H,21,24)(H,26,27)/p-1/t16-/m1/s1. The Balaban J connectivity index is 1.63. The number of nitrogens with zero attached hydrogens (tertiary/aromatic N) is 2. The molecule has 0 radical (unpaired) electrons. The van der Waals surface area contributed by atoms with Crippen LogP contribution in [0.15, 0.2) is 53.5 Å². The molecule has 2 aromatic carbocycles. The van der Waals surface area contributed by atoms with Crippen LogP contribution in [0.2, 0.25) is 0 Å². The number of hydrogen-bond acceptors (Lipinski definition) is 7. The van der Waals surface area contributed by atoms with E-state index in [1.807, 2.05) is 0 Å². The number of methoxy groups -OCH3 is 1. The highest BCUT2D eigenvalue weighted by molar-refractivity contribution is 8.15. The molecule has 0 unspecified atom stereocenters. The van der Waals surface area contributed by atoms with Gasteiger partial charge in [0.2, 0.25) is 11.8 Å². The molecular formula is C20H18N3O5S-. The lowest BCUT2D eigenvalue weighted by atomic mass is 10.2. The molecule has 0 aliphatic carbocycles. The van der Waals surface area contributed by atoms with Crippen LogP contribution in [-0.4, -0.2) is 47.3 Å². The lowest BCUT2D eigenvalue weighted by Crippen LogP contribution is -2.30. The predicted octanol–water partition coefficient (Wildman–Crippen LogP) is 1.65. The minimum Gasteiger partial charge on any atom is -0.545 e. The maximum atomic E-state index is 12.5. The average molecular weight is 412 g/mol. The lowest BCUT2D eigenvalue weighted by Gasteiger charge is -2.10. The van der Waals surface area contributed by atoms with Gasteiger partial charge in [-0.3, -0.25) is 14.5 Å². The van der Waals surface area contributed by atoms with Gasteiger partial charge in [0, 0.05) is 19.2 Å². The van der Waals surface area contributed by atoms with Gasteiger partial charge in [0.25, 0.3) is 0 Å². The summed E-state index contributed by atoms with van der Waals surface area (Å²) >= 11 is 1.23. The maximum Gasteiger partial charge on any atom is 0.242 e. The fourth-order valence-electron chi connectivity index (χ4n) is 2.63. The Morgan fingerprint density at radius 1 is 1.17 bits per heavy atom. The Morgan fingerprint density at radius 3 is 2.41 bits per heavy atom. The summed E-state index contributed by atoms with van der Waals surface area (Å²) in [5.74, 6) is -1.14. The number of aliphatic imine (C=N–C) groups is 1. The van der Waals surface area contributed by atoms with E-state index < -0.39 is 11.2 Å². The van der Waals surface area contributed by atoms with Gasteiger partial charge < -0.3 is 20.0 Å². The third-order valence-electron chi connectivity index (χ3n) is 4.21. The summed E-state index contributed by atoms with van der Waals surface area (Å²) in [5, 5.41) is 13.3. The highest BCUT2D eigenvalue weighted by atomic mass is 32.2. The molecule has 0 aromatic heterocycles. The zero-order valence-corrected chi connectivity index (χ0v) is 16.6. The number of rotatable bonds is 6. The number of carbonyl (C=O) groups is 3. The number of carboxylic acids is 1. The second-order valence-corrected chi connectivity index (χ2v) is 7.38. The molecule has 1 fully saturated rings. The first-order chi connectivity index (χ1) is 13.9. The van der Waals surface area contributed by atoms with Crippen molar-refractivity contribution in [3.63, 3.8) is 0 Å². The predicted molar refractivity (Wildman–Crippen MR) is 108 cm³/mol. The van der Waals surface area contributed by atoms with Gasteiger partial charge in [-0.1, -0.05) is 23.9 Å². The summed E-state index contributed by atoms with van der Waals surface area (Å²) in [6.45, 7) is 0. The Bertz CT molecular complexity index is 957. The van der Waals surface area contributed by atoms with Crippen molar-refractivity contribution in [3.8, 4) is 5.75 Å². The van der Waals surface area contributed by atoms with Gasteiger partial charge >= 0.3 is 0 Å². The van der Waals surface area contributed by atoms with Crippen molar-refractivity contribution in [3.05, 3.63) is 54.1 Å². The molecule has 150 valence electrons. The first-order valence-corrected chi connectivity index (χ1v) is 9.53. The average Bonchev–Trinajstić information content (AvgIpc) is 2.96. The van der Waals surface area contributed by atoms with Crippen LogP contribution in [0.1, 0.15) is 16.8 Å². The van der Waals surface area contributed by atoms with Crippen molar-refractivity contribution in [2.24, 2.45) is 4.99 Å². The molecule has 0 spiro atoms. The van der Waals surface area contributed by atoms with E-state index >= 15 is 0 Å². The van der Waals surface area contributed by atoms with E-state index in [9.17, 15) is 19.5 Å². The molecule has 29 heavy (non-hydrogen) atoms. The number of thioether (sulfide) groups is 1. The summed E-state index contributed by atoms with van der Waals surface area (Å²) in [6.07, 6.45) is -0.0300. The fourth-order valence-corrected chi connectivity index (χ4v) is 3.79. The van der Waals surface area contributed by atoms with Crippen molar-refractivity contribution in [1.82, 2.24) is 4.90 Å². The number of hydrogen-bond donors (Lipinski definition) is 1. The third kappa shape index (κ3) is 4.94. The number of amides is 2. The second kappa shape index (κ2) is 8.78. The van der Waals surface area contributed by atoms with Crippen LogP contribution in [-0.2, 0) is 9.59 Å².